The summed E-state index contributed by atoms with van der Waals surface area (Å²) < 4.78 is 53.1. The third-order valence-electron chi connectivity index (χ3n) is 9.11. The second-order valence-corrected chi connectivity index (χ2v) is 11.8. The number of benzene rings is 1. The number of halogens is 3. The average molecular weight is 569 g/mol. The van der Waals surface area contributed by atoms with Crippen LogP contribution in [0.25, 0.3) is 11.2 Å². The van der Waals surface area contributed by atoms with Crippen molar-refractivity contribution >= 4 is 5.52 Å². The number of imidazole rings is 1. The summed E-state index contributed by atoms with van der Waals surface area (Å²) in [6, 6.07) is 8.36. The number of aryl methyl sites for hydroxylation is 1. The summed E-state index contributed by atoms with van der Waals surface area (Å²) in [5.41, 5.74) is -0.111. The van der Waals surface area contributed by atoms with Crippen LogP contribution in [0, 0.1) is 5.92 Å². The van der Waals surface area contributed by atoms with Gasteiger partial charge < -0.3 is 9.30 Å². The lowest BCUT2D eigenvalue weighted by Gasteiger charge is -2.46. The van der Waals surface area contributed by atoms with E-state index in [2.05, 4.69) is 22.0 Å². The van der Waals surface area contributed by atoms with Crippen molar-refractivity contribution in [3.8, 4) is 5.69 Å². The van der Waals surface area contributed by atoms with Crippen molar-refractivity contribution in [3.63, 3.8) is 0 Å². The second kappa shape index (κ2) is 10.1. The van der Waals surface area contributed by atoms with E-state index in [1.54, 1.807) is 25.7 Å². The Kier molecular flexibility index (Phi) is 6.85. The van der Waals surface area contributed by atoms with Gasteiger partial charge in [-0.15, -0.1) is 10.2 Å². The van der Waals surface area contributed by atoms with Crippen molar-refractivity contribution in [1.82, 2.24) is 28.6 Å². The van der Waals surface area contributed by atoms with Crippen LogP contribution in [0.5, 0.6) is 0 Å². The Balaban J connectivity index is 1.45. The summed E-state index contributed by atoms with van der Waals surface area (Å²) in [5.74, 6) is 1.26. The van der Waals surface area contributed by atoms with Crippen molar-refractivity contribution in [1.29, 1.82) is 0 Å². The van der Waals surface area contributed by atoms with Crippen molar-refractivity contribution in [2.45, 2.75) is 63.3 Å². The lowest BCUT2D eigenvalue weighted by molar-refractivity contribution is -0.136. The molecule has 1 unspecified atom stereocenters. The molecule has 218 valence electrons. The van der Waals surface area contributed by atoms with Gasteiger partial charge in [0, 0.05) is 39.1 Å². The number of ether oxygens (including phenoxy) is 1. The van der Waals surface area contributed by atoms with Crippen LogP contribution < -0.4 is 5.69 Å². The van der Waals surface area contributed by atoms with E-state index >= 15 is 0 Å². The number of fused-ring (bicyclic) bond motifs is 1. The van der Waals surface area contributed by atoms with Crippen LogP contribution in [-0.4, -0.2) is 54.9 Å². The van der Waals surface area contributed by atoms with Crippen LogP contribution in [-0.2, 0) is 23.4 Å². The van der Waals surface area contributed by atoms with Gasteiger partial charge in [-0.25, -0.2) is 4.79 Å². The van der Waals surface area contributed by atoms with Gasteiger partial charge in [-0.3, -0.25) is 13.9 Å². The van der Waals surface area contributed by atoms with Gasteiger partial charge in [0.15, 0.2) is 0 Å². The molecule has 4 heterocycles. The molecule has 11 heteroatoms. The molecule has 4 aromatic rings. The predicted molar refractivity (Wildman–Crippen MR) is 148 cm³/mol. The minimum Gasteiger partial charge on any atom is -0.381 e. The Labute approximate surface area is 236 Å². The number of likely N-dealkylation sites (tertiary alicyclic amines) is 1. The standard InChI is InChI=1S/C30H35F3N6O2/c1-19-7-6-10-37(15-19)20(2)21-11-25(30(31,32)33)26-17-38(28(40)39(26)16-21)23-9-5-8-22(12-23)29(13-24(14-29)41-4)27-35-34-18-36(27)3/h5,8-9,11-12,16-20,24H,6-7,10,13-15H2,1-4H3/t19-,20?,24?,29?/m0/s1. The highest BCUT2D eigenvalue weighted by Crippen LogP contribution is 2.49. The molecule has 2 aliphatic rings. The zero-order valence-electron chi connectivity index (χ0n) is 23.7. The molecule has 0 radical (unpaired) electrons. The Morgan fingerprint density at radius 2 is 1.95 bits per heavy atom. The minimum atomic E-state index is -4.62. The first-order valence-electron chi connectivity index (χ1n) is 14.1. The molecule has 1 aromatic carbocycles. The highest BCUT2D eigenvalue weighted by atomic mass is 19.4. The normalized spacial score (nSPS) is 24.5. The third-order valence-corrected chi connectivity index (χ3v) is 9.11. The number of alkyl halides is 3. The van der Waals surface area contributed by atoms with E-state index in [9.17, 15) is 18.0 Å². The molecule has 0 amide bonds. The van der Waals surface area contributed by atoms with E-state index in [4.69, 9.17) is 4.74 Å². The molecular weight excluding hydrogens is 533 g/mol. The van der Waals surface area contributed by atoms with Crippen molar-refractivity contribution in [2.75, 3.05) is 20.2 Å². The number of piperidine rings is 1. The monoisotopic (exact) mass is 568 g/mol. The van der Waals surface area contributed by atoms with E-state index in [0.717, 1.165) is 41.7 Å². The van der Waals surface area contributed by atoms with E-state index < -0.39 is 22.8 Å². The van der Waals surface area contributed by atoms with Gasteiger partial charge in [0.1, 0.15) is 12.2 Å². The zero-order chi connectivity index (χ0) is 29.1. The van der Waals surface area contributed by atoms with Crippen LogP contribution in [0.4, 0.5) is 13.2 Å². The Bertz CT molecular complexity index is 1630. The number of aromatic nitrogens is 5. The lowest BCUT2D eigenvalue weighted by Crippen LogP contribution is -2.48. The summed E-state index contributed by atoms with van der Waals surface area (Å²) in [7, 11) is 3.56. The first-order chi connectivity index (χ1) is 19.5. The van der Waals surface area contributed by atoms with E-state index in [1.165, 1.54) is 16.8 Å². The SMILES string of the molecule is COC1CC(c2cccc(-n3cc4c(C(F)(F)F)cc(C(C)N5CCC[C@H](C)C5)cn4c3=O)c2)(c2nncn2C)C1. The van der Waals surface area contributed by atoms with Gasteiger partial charge in [-0.1, -0.05) is 19.1 Å². The number of hydrogen-bond acceptors (Lipinski definition) is 5. The topological polar surface area (TPSA) is 69.6 Å². The number of nitrogens with zero attached hydrogens (tertiary/aromatic N) is 6. The van der Waals surface area contributed by atoms with Crippen molar-refractivity contribution in [2.24, 2.45) is 13.0 Å². The number of methoxy groups -OCH3 is 1. The molecule has 2 atom stereocenters. The lowest BCUT2D eigenvalue weighted by atomic mass is 9.62. The van der Waals surface area contributed by atoms with E-state index in [1.807, 2.05) is 36.7 Å². The molecule has 1 aliphatic heterocycles. The van der Waals surface area contributed by atoms with Crippen LogP contribution in [0.2, 0.25) is 0 Å². The highest BCUT2D eigenvalue weighted by molar-refractivity contribution is 5.58. The van der Waals surface area contributed by atoms with Crippen LogP contribution in [0.1, 0.15) is 68.1 Å². The first kappa shape index (κ1) is 27.7. The zero-order valence-corrected chi connectivity index (χ0v) is 23.7. The molecular formula is C30H35F3N6O2. The summed E-state index contributed by atoms with van der Waals surface area (Å²) in [5, 5.41) is 8.44. The minimum absolute atomic E-state index is 0.0489. The molecule has 1 aliphatic carbocycles. The maximum absolute atomic E-state index is 14.4. The fraction of sp³-hybridized carbons (Fsp3) is 0.500. The molecule has 2 fully saturated rings. The Morgan fingerprint density at radius 1 is 1.17 bits per heavy atom. The second-order valence-electron chi connectivity index (χ2n) is 11.8. The molecule has 3 aromatic heterocycles. The highest BCUT2D eigenvalue weighted by Gasteiger charge is 2.50. The maximum Gasteiger partial charge on any atom is 0.418 e. The summed E-state index contributed by atoms with van der Waals surface area (Å²) >= 11 is 0. The smallest absolute Gasteiger partial charge is 0.381 e. The van der Waals surface area contributed by atoms with E-state index in [0.29, 0.717) is 30.0 Å². The molecule has 0 bridgehead atoms. The Morgan fingerprint density at radius 3 is 2.61 bits per heavy atom. The molecule has 41 heavy (non-hydrogen) atoms. The largest absolute Gasteiger partial charge is 0.418 e. The summed E-state index contributed by atoms with van der Waals surface area (Å²) in [6.07, 6.45) is 3.44. The quantitative estimate of drug-likeness (QED) is 0.323. The number of hydrogen-bond donors (Lipinski definition) is 0. The molecule has 1 saturated heterocycles. The number of rotatable bonds is 6. The Hall–Kier alpha value is -3.44. The summed E-state index contributed by atoms with van der Waals surface area (Å²) in [4.78, 5) is 15.9. The maximum atomic E-state index is 14.4. The van der Waals surface area contributed by atoms with Crippen LogP contribution in [0.15, 0.2) is 53.8 Å². The van der Waals surface area contributed by atoms with Crippen LogP contribution >= 0.6 is 0 Å². The molecule has 8 nitrogen and oxygen atoms in total. The van der Waals surface area contributed by atoms with Gasteiger partial charge in [-0.05, 0) is 74.4 Å². The number of pyridine rings is 1. The third kappa shape index (κ3) is 4.68. The first-order valence-corrected chi connectivity index (χ1v) is 14.1. The molecule has 1 saturated carbocycles. The van der Waals surface area contributed by atoms with Gasteiger partial charge in [0.25, 0.3) is 0 Å². The molecule has 0 N–H and O–H groups in total. The molecule has 6 rings (SSSR count). The fourth-order valence-electron chi connectivity index (χ4n) is 6.74. The van der Waals surface area contributed by atoms with Crippen molar-refractivity contribution < 1.29 is 17.9 Å². The van der Waals surface area contributed by atoms with Gasteiger partial charge in [0.2, 0.25) is 0 Å². The van der Waals surface area contributed by atoms with Gasteiger partial charge >= 0.3 is 11.9 Å². The van der Waals surface area contributed by atoms with Crippen LogP contribution in [0.3, 0.4) is 0 Å². The van der Waals surface area contributed by atoms with Gasteiger partial charge in [0.05, 0.1) is 28.3 Å². The average Bonchev–Trinajstić information content (AvgIpc) is 3.50. The predicted octanol–water partition coefficient (Wildman–Crippen LogP) is 5.13. The summed E-state index contributed by atoms with van der Waals surface area (Å²) in [6.45, 7) is 5.73. The van der Waals surface area contributed by atoms with Crippen molar-refractivity contribution in [3.05, 3.63) is 82.1 Å². The van der Waals surface area contributed by atoms with Gasteiger partial charge in [-0.2, -0.15) is 13.2 Å². The fourth-order valence-corrected chi connectivity index (χ4v) is 6.74. The van der Waals surface area contributed by atoms with E-state index in [-0.39, 0.29) is 17.7 Å². The molecule has 0 spiro atoms.